The monoisotopic (exact) mass is 361 g/mol. The SMILES string of the molecule is Oc1c([C@@H](Nc2ccc(Cl)cc2)c2ccccn2)ccc2cccnc12. The van der Waals surface area contributed by atoms with Crippen LogP contribution in [0.25, 0.3) is 10.9 Å². The molecule has 0 saturated carbocycles. The van der Waals surface area contributed by atoms with Crippen molar-refractivity contribution in [1.29, 1.82) is 0 Å². The van der Waals surface area contributed by atoms with Gasteiger partial charge in [0, 0.05) is 34.1 Å². The van der Waals surface area contributed by atoms with E-state index in [0.29, 0.717) is 16.1 Å². The third kappa shape index (κ3) is 3.19. The second kappa shape index (κ2) is 7.02. The Balaban J connectivity index is 1.83. The topological polar surface area (TPSA) is 58.0 Å². The van der Waals surface area contributed by atoms with Crippen molar-refractivity contribution in [2.75, 3.05) is 5.32 Å². The largest absolute Gasteiger partial charge is 0.505 e. The molecule has 0 unspecified atom stereocenters. The summed E-state index contributed by atoms with van der Waals surface area (Å²) in [7, 11) is 0. The lowest BCUT2D eigenvalue weighted by Crippen LogP contribution is -2.14. The molecule has 0 radical (unpaired) electrons. The first-order valence-corrected chi connectivity index (χ1v) is 8.60. The van der Waals surface area contributed by atoms with E-state index < -0.39 is 0 Å². The Labute approximate surface area is 156 Å². The number of aromatic nitrogens is 2. The van der Waals surface area contributed by atoms with Crippen LogP contribution in [0.2, 0.25) is 5.02 Å². The summed E-state index contributed by atoms with van der Waals surface area (Å²) in [5.41, 5.74) is 2.97. The van der Waals surface area contributed by atoms with Gasteiger partial charge in [-0.1, -0.05) is 35.9 Å². The van der Waals surface area contributed by atoms with Crippen molar-refractivity contribution in [3.8, 4) is 5.75 Å². The van der Waals surface area contributed by atoms with Crippen LogP contribution in [0.3, 0.4) is 0 Å². The molecule has 0 aliphatic rings. The van der Waals surface area contributed by atoms with Crippen molar-refractivity contribution in [3.63, 3.8) is 0 Å². The number of pyridine rings is 2. The molecular formula is C21H16ClN3O. The average molecular weight is 362 g/mol. The molecule has 2 heterocycles. The summed E-state index contributed by atoms with van der Waals surface area (Å²) in [5.74, 6) is 0.153. The zero-order chi connectivity index (χ0) is 17.9. The van der Waals surface area contributed by atoms with E-state index in [1.165, 1.54) is 0 Å². The molecule has 4 rings (SSSR count). The highest BCUT2D eigenvalue weighted by molar-refractivity contribution is 6.30. The lowest BCUT2D eigenvalue weighted by atomic mass is 9.99. The van der Waals surface area contributed by atoms with Crippen LogP contribution in [-0.4, -0.2) is 15.1 Å². The number of benzene rings is 2. The smallest absolute Gasteiger partial charge is 0.147 e. The van der Waals surface area contributed by atoms with Gasteiger partial charge in [0.05, 0.1) is 11.7 Å². The fourth-order valence-corrected chi connectivity index (χ4v) is 3.07. The Bertz CT molecular complexity index is 1040. The van der Waals surface area contributed by atoms with Gasteiger partial charge < -0.3 is 10.4 Å². The average Bonchev–Trinajstić information content (AvgIpc) is 2.69. The molecule has 2 N–H and O–H groups in total. The number of phenolic OH excluding ortho intramolecular Hbond substituents is 1. The number of hydrogen-bond acceptors (Lipinski definition) is 4. The molecular weight excluding hydrogens is 346 g/mol. The van der Waals surface area contributed by atoms with Crippen molar-refractivity contribution in [2.45, 2.75) is 6.04 Å². The highest BCUT2D eigenvalue weighted by atomic mass is 35.5. The number of nitrogens with zero attached hydrogens (tertiary/aromatic N) is 2. The molecule has 0 aliphatic carbocycles. The zero-order valence-electron chi connectivity index (χ0n) is 13.8. The molecule has 4 aromatic rings. The van der Waals surface area contributed by atoms with Crippen molar-refractivity contribution >= 4 is 28.2 Å². The molecule has 26 heavy (non-hydrogen) atoms. The number of rotatable bonds is 4. The van der Waals surface area contributed by atoms with Crippen LogP contribution >= 0.6 is 11.6 Å². The minimum atomic E-state index is -0.330. The Hall–Kier alpha value is -3.11. The lowest BCUT2D eigenvalue weighted by Gasteiger charge is -2.21. The summed E-state index contributed by atoms with van der Waals surface area (Å²) in [6.45, 7) is 0. The predicted molar refractivity (Wildman–Crippen MR) is 105 cm³/mol. The summed E-state index contributed by atoms with van der Waals surface area (Å²) in [6.07, 6.45) is 3.41. The number of anilines is 1. The standard InChI is InChI=1S/C21H16ClN3O/c22-15-7-9-16(10-8-15)25-20(18-5-1-2-12-23-18)17-11-6-14-4-3-13-24-19(14)21(17)26/h1-13,20,25-26H/t20-/m1/s1. The van der Waals surface area contributed by atoms with Crippen LogP contribution in [0.4, 0.5) is 5.69 Å². The van der Waals surface area contributed by atoms with Gasteiger partial charge in [0.2, 0.25) is 0 Å². The van der Waals surface area contributed by atoms with Crippen molar-refractivity contribution in [1.82, 2.24) is 9.97 Å². The second-order valence-corrected chi connectivity index (χ2v) is 6.35. The summed E-state index contributed by atoms with van der Waals surface area (Å²) in [5, 5.41) is 15.8. The Morgan fingerprint density at radius 1 is 0.846 bits per heavy atom. The van der Waals surface area contributed by atoms with Crippen LogP contribution in [0.5, 0.6) is 5.75 Å². The van der Waals surface area contributed by atoms with Crippen molar-refractivity contribution in [3.05, 3.63) is 95.4 Å². The Morgan fingerprint density at radius 3 is 2.42 bits per heavy atom. The van der Waals surface area contributed by atoms with Crippen LogP contribution in [0, 0.1) is 0 Å². The Morgan fingerprint density at radius 2 is 1.65 bits per heavy atom. The molecule has 128 valence electrons. The Kier molecular flexibility index (Phi) is 4.42. The second-order valence-electron chi connectivity index (χ2n) is 5.92. The molecule has 0 spiro atoms. The van der Waals surface area contributed by atoms with Gasteiger partial charge in [0.25, 0.3) is 0 Å². The maximum Gasteiger partial charge on any atom is 0.147 e. The van der Waals surface area contributed by atoms with E-state index in [4.69, 9.17) is 11.6 Å². The van der Waals surface area contributed by atoms with Gasteiger partial charge >= 0.3 is 0 Å². The molecule has 1 atom stereocenters. The summed E-state index contributed by atoms with van der Waals surface area (Å²) in [4.78, 5) is 8.79. The van der Waals surface area contributed by atoms with Gasteiger partial charge in [-0.2, -0.15) is 0 Å². The first-order chi connectivity index (χ1) is 12.7. The minimum Gasteiger partial charge on any atom is -0.505 e. The van der Waals surface area contributed by atoms with Crippen molar-refractivity contribution in [2.24, 2.45) is 0 Å². The van der Waals surface area contributed by atoms with Crippen molar-refractivity contribution < 1.29 is 5.11 Å². The molecule has 0 saturated heterocycles. The van der Waals surface area contributed by atoms with Crippen LogP contribution in [-0.2, 0) is 0 Å². The van der Waals surface area contributed by atoms with Gasteiger partial charge in [-0.05, 0) is 42.5 Å². The number of hydrogen-bond donors (Lipinski definition) is 2. The van der Waals surface area contributed by atoms with E-state index >= 15 is 0 Å². The first-order valence-electron chi connectivity index (χ1n) is 8.22. The zero-order valence-corrected chi connectivity index (χ0v) is 14.6. The summed E-state index contributed by atoms with van der Waals surface area (Å²) in [6, 6.07) is 20.5. The third-order valence-electron chi connectivity index (χ3n) is 4.23. The van der Waals surface area contributed by atoms with Gasteiger partial charge in [-0.3, -0.25) is 9.97 Å². The molecule has 0 fully saturated rings. The van der Waals surface area contributed by atoms with Gasteiger partial charge in [0.1, 0.15) is 11.3 Å². The number of phenols is 1. The highest BCUT2D eigenvalue weighted by Gasteiger charge is 2.20. The normalized spacial score (nSPS) is 12.0. The quantitative estimate of drug-likeness (QED) is 0.525. The number of halogens is 1. The fourth-order valence-electron chi connectivity index (χ4n) is 2.95. The molecule has 0 bridgehead atoms. The van der Waals surface area contributed by atoms with Crippen LogP contribution in [0.1, 0.15) is 17.3 Å². The van der Waals surface area contributed by atoms with Gasteiger partial charge in [-0.25, -0.2) is 0 Å². The maximum atomic E-state index is 10.9. The summed E-state index contributed by atoms with van der Waals surface area (Å²) >= 11 is 5.98. The van der Waals surface area contributed by atoms with E-state index in [-0.39, 0.29) is 11.8 Å². The highest BCUT2D eigenvalue weighted by Crippen LogP contribution is 2.35. The van der Waals surface area contributed by atoms with Crippen LogP contribution in [0.15, 0.2) is 79.1 Å². The van der Waals surface area contributed by atoms with E-state index in [0.717, 1.165) is 16.8 Å². The molecule has 0 amide bonds. The third-order valence-corrected chi connectivity index (χ3v) is 4.48. The molecule has 2 aromatic heterocycles. The van der Waals surface area contributed by atoms with E-state index in [1.807, 2.05) is 66.7 Å². The van der Waals surface area contributed by atoms with Gasteiger partial charge in [0.15, 0.2) is 0 Å². The van der Waals surface area contributed by atoms with E-state index in [2.05, 4.69) is 15.3 Å². The molecule has 0 aliphatic heterocycles. The fraction of sp³-hybridized carbons (Fsp3) is 0.0476. The number of nitrogens with one attached hydrogen (secondary N) is 1. The maximum absolute atomic E-state index is 10.9. The number of fused-ring (bicyclic) bond motifs is 1. The predicted octanol–water partition coefficient (Wildman–Crippen LogP) is 5.19. The van der Waals surface area contributed by atoms with Gasteiger partial charge in [-0.15, -0.1) is 0 Å². The minimum absolute atomic E-state index is 0.153. The van der Waals surface area contributed by atoms with Crippen LogP contribution < -0.4 is 5.32 Å². The molecule has 5 heteroatoms. The number of aromatic hydroxyl groups is 1. The molecule has 2 aromatic carbocycles. The summed E-state index contributed by atoms with van der Waals surface area (Å²) < 4.78 is 0. The van der Waals surface area contributed by atoms with E-state index in [9.17, 15) is 5.11 Å². The first kappa shape index (κ1) is 16.4. The lowest BCUT2D eigenvalue weighted by molar-refractivity contribution is 0.471. The van der Waals surface area contributed by atoms with E-state index in [1.54, 1.807) is 12.4 Å². The molecule has 4 nitrogen and oxygen atoms in total.